The van der Waals surface area contributed by atoms with Gasteiger partial charge >= 0.3 is 6.09 Å². The number of carbonyl (C=O) groups is 1. The first-order chi connectivity index (χ1) is 9.20. The van der Waals surface area contributed by atoms with Gasteiger partial charge in [0.25, 0.3) is 0 Å². The minimum atomic E-state index is -0.188. The lowest BCUT2D eigenvalue weighted by atomic mass is 10.1. The number of ether oxygens (including phenoxy) is 1. The van der Waals surface area contributed by atoms with Crippen molar-refractivity contribution in [3.63, 3.8) is 0 Å². The van der Waals surface area contributed by atoms with Gasteiger partial charge in [0.1, 0.15) is 0 Å². The van der Waals surface area contributed by atoms with Crippen molar-refractivity contribution in [2.24, 2.45) is 0 Å². The number of nitrogens with zero attached hydrogens (tertiary/aromatic N) is 3. The predicted molar refractivity (Wildman–Crippen MR) is 72.7 cm³/mol. The second-order valence-corrected chi connectivity index (χ2v) is 4.94. The van der Waals surface area contributed by atoms with E-state index in [9.17, 15) is 4.79 Å². The maximum atomic E-state index is 11.8. The van der Waals surface area contributed by atoms with Crippen LogP contribution in [-0.2, 0) is 4.74 Å². The molecule has 0 saturated carbocycles. The van der Waals surface area contributed by atoms with Gasteiger partial charge in [-0.2, -0.15) is 5.10 Å². The van der Waals surface area contributed by atoms with E-state index in [-0.39, 0.29) is 6.09 Å². The average molecular weight is 266 g/mol. The Morgan fingerprint density at radius 3 is 2.84 bits per heavy atom. The van der Waals surface area contributed by atoms with Gasteiger partial charge in [0.15, 0.2) is 0 Å². The minimum Gasteiger partial charge on any atom is -0.449 e. The molecule has 0 radical (unpaired) electrons. The highest BCUT2D eigenvalue weighted by Gasteiger charge is 2.24. The van der Waals surface area contributed by atoms with E-state index in [1.54, 1.807) is 11.1 Å². The molecular weight excluding hydrogens is 244 g/mol. The molecule has 6 nitrogen and oxygen atoms in total. The van der Waals surface area contributed by atoms with E-state index in [1.807, 2.05) is 10.9 Å². The number of anilines is 1. The molecule has 2 heterocycles. The Hall–Kier alpha value is -1.72. The van der Waals surface area contributed by atoms with Crippen LogP contribution in [0.4, 0.5) is 10.5 Å². The molecule has 0 spiro atoms. The molecule has 0 bridgehead atoms. The van der Waals surface area contributed by atoms with Crippen molar-refractivity contribution >= 4 is 11.8 Å². The number of hydrogen-bond donors (Lipinski definition) is 1. The quantitative estimate of drug-likeness (QED) is 0.846. The van der Waals surface area contributed by atoms with Crippen LogP contribution in [0.5, 0.6) is 0 Å². The maximum absolute atomic E-state index is 11.8. The fourth-order valence-electron chi connectivity index (χ4n) is 2.26. The summed E-state index contributed by atoms with van der Waals surface area (Å²) >= 11 is 0. The third-order valence-corrected chi connectivity index (χ3v) is 3.44. The SMILES string of the molecule is CCCCOC(=O)N1CCC(n2cc(N)cn2)CC1. The van der Waals surface area contributed by atoms with Gasteiger partial charge in [0, 0.05) is 19.3 Å². The molecule has 0 aromatic carbocycles. The van der Waals surface area contributed by atoms with Crippen LogP contribution < -0.4 is 5.73 Å². The summed E-state index contributed by atoms with van der Waals surface area (Å²) in [6.45, 7) is 4.03. The molecule has 1 saturated heterocycles. The van der Waals surface area contributed by atoms with Crippen LogP contribution in [0.2, 0.25) is 0 Å². The van der Waals surface area contributed by atoms with Crippen LogP contribution in [0.25, 0.3) is 0 Å². The van der Waals surface area contributed by atoms with E-state index in [4.69, 9.17) is 10.5 Å². The first kappa shape index (κ1) is 13.7. The molecule has 0 aliphatic carbocycles. The molecule has 1 amide bonds. The Morgan fingerprint density at radius 1 is 1.53 bits per heavy atom. The molecule has 2 rings (SSSR count). The molecule has 106 valence electrons. The van der Waals surface area contributed by atoms with Crippen LogP contribution in [0, 0.1) is 0 Å². The molecule has 19 heavy (non-hydrogen) atoms. The minimum absolute atomic E-state index is 0.188. The van der Waals surface area contributed by atoms with Crippen LogP contribution >= 0.6 is 0 Å². The largest absolute Gasteiger partial charge is 0.449 e. The Bertz CT molecular complexity index is 411. The summed E-state index contributed by atoms with van der Waals surface area (Å²) in [6, 6.07) is 0.331. The summed E-state index contributed by atoms with van der Waals surface area (Å²) in [4.78, 5) is 13.6. The van der Waals surface area contributed by atoms with Crippen molar-refractivity contribution in [1.29, 1.82) is 0 Å². The van der Waals surface area contributed by atoms with E-state index >= 15 is 0 Å². The molecule has 2 N–H and O–H groups in total. The maximum Gasteiger partial charge on any atom is 0.409 e. The molecule has 1 aromatic heterocycles. The van der Waals surface area contributed by atoms with E-state index in [1.165, 1.54) is 0 Å². The summed E-state index contributed by atoms with van der Waals surface area (Å²) in [5.41, 5.74) is 6.34. The van der Waals surface area contributed by atoms with E-state index in [0.717, 1.165) is 38.8 Å². The number of likely N-dealkylation sites (tertiary alicyclic amines) is 1. The number of piperidine rings is 1. The van der Waals surface area contributed by atoms with Crippen LogP contribution in [-0.4, -0.2) is 40.5 Å². The molecule has 1 aliphatic rings. The lowest BCUT2D eigenvalue weighted by Crippen LogP contribution is -2.39. The van der Waals surface area contributed by atoms with E-state index in [2.05, 4.69) is 12.0 Å². The summed E-state index contributed by atoms with van der Waals surface area (Å²) in [7, 11) is 0. The number of rotatable bonds is 4. The van der Waals surface area contributed by atoms with Gasteiger partial charge in [-0.1, -0.05) is 13.3 Å². The van der Waals surface area contributed by atoms with Gasteiger partial charge < -0.3 is 15.4 Å². The van der Waals surface area contributed by atoms with Gasteiger partial charge in [-0.3, -0.25) is 4.68 Å². The van der Waals surface area contributed by atoms with E-state index in [0.29, 0.717) is 18.3 Å². The highest BCUT2D eigenvalue weighted by atomic mass is 16.6. The van der Waals surface area contributed by atoms with Crippen LogP contribution in [0.1, 0.15) is 38.6 Å². The third-order valence-electron chi connectivity index (χ3n) is 3.44. The fraction of sp³-hybridized carbons (Fsp3) is 0.692. The lowest BCUT2D eigenvalue weighted by Gasteiger charge is -2.31. The predicted octanol–water partition coefficient (Wildman–Crippen LogP) is 2.04. The standard InChI is InChI=1S/C13H22N4O2/c1-2-3-8-19-13(18)16-6-4-12(5-7-16)17-10-11(14)9-15-17/h9-10,12H,2-8,14H2,1H3. The van der Waals surface area contributed by atoms with Crippen molar-refractivity contribution < 1.29 is 9.53 Å². The summed E-state index contributed by atoms with van der Waals surface area (Å²) in [5, 5.41) is 4.23. The van der Waals surface area contributed by atoms with Gasteiger partial charge in [-0.15, -0.1) is 0 Å². The Balaban J connectivity index is 1.77. The van der Waals surface area contributed by atoms with Gasteiger partial charge in [-0.25, -0.2) is 4.79 Å². The van der Waals surface area contributed by atoms with Crippen molar-refractivity contribution in [3.05, 3.63) is 12.4 Å². The van der Waals surface area contributed by atoms with E-state index < -0.39 is 0 Å². The number of nitrogen functional groups attached to an aromatic ring is 1. The Kier molecular flexibility index (Phi) is 4.65. The number of unbranched alkanes of at least 4 members (excludes halogenated alkanes) is 1. The fourth-order valence-corrected chi connectivity index (χ4v) is 2.26. The highest BCUT2D eigenvalue weighted by molar-refractivity contribution is 5.67. The number of hydrogen-bond acceptors (Lipinski definition) is 4. The van der Waals surface area contributed by atoms with Crippen LogP contribution in [0.3, 0.4) is 0 Å². The zero-order chi connectivity index (χ0) is 13.7. The molecule has 1 aliphatic heterocycles. The van der Waals surface area contributed by atoms with Crippen molar-refractivity contribution in [2.45, 2.75) is 38.6 Å². The molecule has 1 fully saturated rings. The number of nitrogens with two attached hydrogens (primary N) is 1. The Labute approximate surface area is 113 Å². The Morgan fingerprint density at radius 2 is 2.26 bits per heavy atom. The summed E-state index contributed by atoms with van der Waals surface area (Å²) in [5.74, 6) is 0. The number of aromatic nitrogens is 2. The zero-order valence-corrected chi connectivity index (χ0v) is 11.4. The molecule has 1 aromatic rings. The topological polar surface area (TPSA) is 73.4 Å². The molecule has 6 heteroatoms. The van der Waals surface area contributed by atoms with Crippen LogP contribution in [0.15, 0.2) is 12.4 Å². The number of amides is 1. The molecular formula is C13H22N4O2. The first-order valence-electron chi connectivity index (χ1n) is 6.92. The van der Waals surface area contributed by atoms with Gasteiger partial charge in [0.2, 0.25) is 0 Å². The molecule has 0 atom stereocenters. The highest BCUT2D eigenvalue weighted by Crippen LogP contribution is 2.22. The first-order valence-corrected chi connectivity index (χ1v) is 6.92. The zero-order valence-electron chi connectivity index (χ0n) is 11.4. The number of carbonyl (C=O) groups excluding carboxylic acids is 1. The van der Waals surface area contributed by atoms with Crippen molar-refractivity contribution in [1.82, 2.24) is 14.7 Å². The monoisotopic (exact) mass is 266 g/mol. The van der Waals surface area contributed by atoms with Gasteiger partial charge in [0.05, 0.1) is 24.5 Å². The average Bonchev–Trinajstić information content (AvgIpc) is 2.86. The van der Waals surface area contributed by atoms with Gasteiger partial charge in [-0.05, 0) is 19.3 Å². The lowest BCUT2D eigenvalue weighted by molar-refractivity contribution is 0.0865. The smallest absolute Gasteiger partial charge is 0.409 e. The second-order valence-electron chi connectivity index (χ2n) is 4.94. The van der Waals surface area contributed by atoms with Crippen molar-refractivity contribution in [2.75, 3.05) is 25.4 Å². The summed E-state index contributed by atoms with van der Waals surface area (Å²) < 4.78 is 7.11. The summed E-state index contributed by atoms with van der Waals surface area (Å²) in [6.07, 6.45) is 7.07. The molecule has 0 unspecified atom stereocenters. The second kappa shape index (κ2) is 6.45. The van der Waals surface area contributed by atoms with Crippen molar-refractivity contribution in [3.8, 4) is 0 Å². The third kappa shape index (κ3) is 3.62. The normalized spacial score (nSPS) is 16.6.